The minimum Gasteiger partial charge on any atom is -0.369 e. The summed E-state index contributed by atoms with van der Waals surface area (Å²) < 4.78 is 50.4. The number of carbonyl (C=O) groups is 2. The third kappa shape index (κ3) is 4.20. The number of nitrogens with zero attached hydrogens (tertiary/aromatic N) is 3. The summed E-state index contributed by atoms with van der Waals surface area (Å²) in [4.78, 5) is 26.8. The number of carbonyl (C=O) groups excluding carboxylic acids is 2. The zero-order valence-electron chi connectivity index (χ0n) is 17.3. The van der Waals surface area contributed by atoms with E-state index in [9.17, 15) is 26.4 Å². The van der Waals surface area contributed by atoms with E-state index in [0.717, 1.165) is 5.69 Å². The lowest BCUT2D eigenvalue weighted by Crippen LogP contribution is -2.48. The second-order valence-corrected chi connectivity index (χ2v) is 11.4. The number of hydrogen-bond donors (Lipinski definition) is 1. The summed E-state index contributed by atoms with van der Waals surface area (Å²) in [7, 11) is -7.25. The first-order chi connectivity index (χ1) is 15.1. The van der Waals surface area contributed by atoms with E-state index in [1.165, 1.54) is 28.8 Å². The van der Waals surface area contributed by atoms with Crippen molar-refractivity contribution in [1.29, 1.82) is 0 Å². The molecule has 1 N–H and O–H groups in total. The van der Waals surface area contributed by atoms with Crippen LogP contribution in [0.15, 0.2) is 53.4 Å². The molecule has 10 nitrogen and oxygen atoms in total. The molecule has 2 heterocycles. The number of rotatable bonds is 5. The second kappa shape index (κ2) is 8.19. The van der Waals surface area contributed by atoms with Gasteiger partial charge < -0.3 is 10.2 Å². The lowest BCUT2D eigenvalue weighted by Gasteiger charge is -2.34. The predicted molar refractivity (Wildman–Crippen MR) is 118 cm³/mol. The van der Waals surface area contributed by atoms with Gasteiger partial charge in [0.05, 0.1) is 11.8 Å². The van der Waals surface area contributed by atoms with Crippen LogP contribution in [-0.4, -0.2) is 76.2 Å². The summed E-state index contributed by atoms with van der Waals surface area (Å²) in [6, 6.07) is 12.8. The minimum atomic E-state index is -4.05. The molecule has 0 spiro atoms. The average molecular weight is 479 g/mol. The van der Waals surface area contributed by atoms with Gasteiger partial charge in [-0.2, -0.15) is 4.31 Å². The van der Waals surface area contributed by atoms with Gasteiger partial charge >= 0.3 is 0 Å². The molecule has 0 radical (unpaired) electrons. The van der Waals surface area contributed by atoms with Gasteiger partial charge in [-0.25, -0.2) is 21.1 Å². The van der Waals surface area contributed by atoms with Gasteiger partial charge in [0.15, 0.2) is 0 Å². The highest BCUT2D eigenvalue weighted by atomic mass is 32.2. The van der Waals surface area contributed by atoms with Crippen molar-refractivity contribution in [2.45, 2.75) is 4.90 Å². The lowest BCUT2D eigenvalue weighted by molar-refractivity contribution is -0.116. The quantitative estimate of drug-likeness (QED) is 0.666. The molecule has 32 heavy (non-hydrogen) atoms. The van der Waals surface area contributed by atoms with E-state index in [1.54, 1.807) is 30.3 Å². The number of piperazine rings is 1. The summed E-state index contributed by atoms with van der Waals surface area (Å²) >= 11 is 0. The molecule has 0 aliphatic carbocycles. The van der Waals surface area contributed by atoms with E-state index in [1.807, 2.05) is 4.90 Å². The van der Waals surface area contributed by atoms with Gasteiger partial charge in [0.1, 0.15) is 11.4 Å². The van der Waals surface area contributed by atoms with Crippen LogP contribution in [0.1, 0.15) is 10.4 Å². The maximum atomic E-state index is 12.6. The number of sulfonamides is 2. The molecule has 0 atom stereocenters. The zero-order chi connectivity index (χ0) is 23.1. The van der Waals surface area contributed by atoms with Crippen LogP contribution in [-0.2, 0) is 24.8 Å². The largest absolute Gasteiger partial charge is 0.369 e. The van der Waals surface area contributed by atoms with Crippen molar-refractivity contribution < 1.29 is 26.4 Å². The molecule has 0 saturated carbocycles. The van der Waals surface area contributed by atoms with Gasteiger partial charge in [-0.15, -0.1) is 0 Å². The van der Waals surface area contributed by atoms with Crippen LogP contribution >= 0.6 is 0 Å². The first-order valence-electron chi connectivity index (χ1n) is 9.83. The number of amides is 2. The Morgan fingerprint density at radius 2 is 1.62 bits per heavy atom. The van der Waals surface area contributed by atoms with E-state index in [2.05, 4.69) is 5.32 Å². The van der Waals surface area contributed by atoms with Crippen molar-refractivity contribution in [2.24, 2.45) is 0 Å². The highest BCUT2D eigenvalue weighted by molar-refractivity contribution is 7.90. The maximum Gasteiger partial charge on any atom is 0.269 e. The Hall–Kier alpha value is -2.96. The fourth-order valence-electron chi connectivity index (χ4n) is 3.75. The molecule has 2 aromatic rings. The third-order valence-corrected chi connectivity index (χ3v) is 8.51. The summed E-state index contributed by atoms with van der Waals surface area (Å²) in [5.41, 5.74) is 1.39. The minimum absolute atomic E-state index is 0.0561. The fourth-order valence-corrected chi connectivity index (χ4v) is 6.10. The molecule has 2 aliphatic rings. The van der Waals surface area contributed by atoms with Gasteiger partial charge in [-0.1, -0.05) is 12.1 Å². The van der Waals surface area contributed by atoms with E-state index in [0.29, 0.717) is 36.2 Å². The Balaban J connectivity index is 1.38. The molecule has 4 rings (SSSR count). The van der Waals surface area contributed by atoms with Crippen LogP contribution in [0.4, 0.5) is 11.4 Å². The molecule has 2 aliphatic heterocycles. The van der Waals surface area contributed by atoms with Crippen molar-refractivity contribution in [3.63, 3.8) is 0 Å². The molecule has 1 saturated heterocycles. The predicted octanol–water partition coefficient (Wildman–Crippen LogP) is 0.551. The standard InChI is InChI=1S/C20H22N4O6S2/c1-31(27,28)23-12-10-22(11-13-23)16-8-6-15(7-9-16)21-19(25)14-24-20(26)17-4-2-3-5-18(17)32(24,29)30/h2-9H,10-14H2,1H3,(H,21,25). The molecule has 1 fully saturated rings. The van der Waals surface area contributed by atoms with Gasteiger partial charge in [-0.05, 0) is 36.4 Å². The zero-order valence-corrected chi connectivity index (χ0v) is 18.9. The Labute approximate surface area is 186 Å². The molecule has 0 bridgehead atoms. The summed E-state index contributed by atoms with van der Waals surface area (Å²) in [6.45, 7) is 1.28. The molecular weight excluding hydrogens is 456 g/mol. The van der Waals surface area contributed by atoms with Crippen LogP contribution in [0.2, 0.25) is 0 Å². The highest BCUT2D eigenvalue weighted by Gasteiger charge is 2.41. The molecule has 170 valence electrons. The van der Waals surface area contributed by atoms with E-state index in [-0.39, 0.29) is 10.5 Å². The number of nitrogens with one attached hydrogen (secondary N) is 1. The third-order valence-electron chi connectivity index (χ3n) is 5.42. The molecule has 0 unspecified atom stereocenters. The smallest absolute Gasteiger partial charge is 0.269 e. The summed E-state index contributed by atoms with van der Waals surface area (Å²) in [5.74, 6) is -1.36. The number of benzene rings is 2. The van der Waals surface area contributed by atoms with Crippen molar-refractivity contribution in [3.8, 4) is 0 Å². The normalized spacial score (nSPS) is 18.5. The van der Waals surface area contributed by atoms with Crippen molar-refractivity contribution >= 4 is 43.2 Å². The highest BCUT2D eigenvalue weighted by Crippen LogP contribution is 2.29. The first-order valence-corrected chi connectivity index (χ1v) is 13.1. The first kappa shape index (κ1) is 22.2. The second-order valence-electron chi connectivity index (χ2n) is 7.56. The van der Waals surface area contributed by atoms with E-state index >= 15 is 0 Å². The number of fused-ring (bicyclic) bond motifs is 1. The van der Waals surface area contributed by atoms with Crippen LogP contribution in [0.5, 0.6) is 0 Å². The maximum absolute atomic E-state index is 12.6. The fraction of sp³-hybridized carbons (Fsp3) is 0.300. The topological polar surface area (TPSA) is 124 Å². The van der Waals surface area contributed by atoms with Crippen LogP contribution < -0.4 is 10.2 Å². The average Bonchev–Trinajstić information content (AvgIpc) is 2.95. The van der Waals surface area contributed by atoms with Gasteiger partial charge in [0, 0.05) is 37.6 Å². The summed E-state index contributed by atoms with van der Waals surface area (Å²) in [5, 5.41) is 2.61. The summed E-state index contributed by atoms with van der Waals surface area (Å²) in [6.07, 6.45) is 1.19. The van der Waals surface area contributed by atoms with Crippen molar-refractivity contribution in [2.75, 3.05) is 49.2 Å². The van der Waals surface area contributed by atoms with E-state index < -0.39 is 38.4 Å². The molecule has 0 aromatic heterocycles. The Morgan fingerprint density at radius 3 is 2.22 bits per heavy atom. The van der Waals surface area contributed by atoms with Crippen LogP contribution in [0.3, 0.4) is 0 Å². The van der Waals surface area contributed by atoms with Gasteiger partial charge in [-0.3, -0.25) is 9.59 Å². The Morgan fingerprint density at radius 1 is 1.00 bits per heavy atom. The molecule has 12 heteroatoms. The number of anilines is 2. The SMILES string of the molecule is CS(=O)(=O)N1CCN(c2ccc(NC(=O)CN3C(=O)c4ccccc4S3(=O)=O)cc2)CC1. The van der Waals surface area contributed by atoms with E-state index in [4.69, 9.17) is 0 Å². The van der Waals surface area contributed by atoms with Gasteiger partial charge in [0.2, 0.25) is 15.9 Å². The number of hydrogen-bond acceptors (Lipinski definition) is 7. The molecule has 2 aromatic carbocycles. The molecule has 2 amide bonds. The Bertz CT molecular complexity index is 1270. The Kier molecular flexibility index (Phi) is 5.69. The van der Waals surface area contributed by atoms with Crippen LogP contribution in [0, 0.1) is 0 Å². The van der Waals surface area contributed by atoms with Crippen molar-refractivity contribution in [1.82, 2.24) is 8.61 Å². The van der Waals surface area contributed by atoms with Gasteiger partial charge in [0.25, 0.3) is 15.9 Å². The molecular formula is C20H22N4O6S2. The lowest BCUT2D eigenvalue weighted by atomic mass is 10.2. The van der Waals surface area contributed by atoms with Crippen LogP contribution in [0.25, 0.3) is 0 Å². The van der Waals surface area contributed by atoms with Crippen molar-refractivity contribution in [3.05, 3.63) is 54.1 Å². The monoisotopic (exact) mass is 478 g/mol.